The number of halogens is 2. The SMILES string of the molecule is CCCN1/C(=C/C=C2\CN(C(=O)OCc3ccccc3)CC(/C=C/C3=[N+](CCC)c4ccccc4C3(C)C)=C2Cl)C(C)(C)c2ccccc21.[I-]. The molecule has 0 fully saturated rings. The van der Waals surface area contributed by atoms with Gasteiger partial charge in [-0.3, -0.25) is 4.90 Å². The highest BCUT2D eigenvalue weighted by atomic mass is 127. The number of fused-ring (bicyclic) bond motifs is 2. The summed E-state index contributed by atoms with van der Waals surface area (Å²) in [4.78, 5) is 17.8. The smallest absolute Gasteiger partial charge is 0.410 e. The summed E-state index contributed by atoms with van der Waals surface area (Å²) >= 11 is 7.29. The van der Waals surface area contributed by atoms with Crippen LogP contribution in [0.2, 0.25) is 0 Å². The van der Waals surface area contributed by atoms with Gasteiger partial charge in [0.1, 0.15) is 13.2 Å². The Hall–Kier alpha value is -3.62. The van der Waals surface area contributed by atoms with Crippen LogP contribution < -0.4 is 28.9 Å². The van der Waals surface area contributed by atoms with Gasteiger partial charge in [0, 0.05) is 47.5 Å². The molecule has 3 aliphatic rings. The summed E-state index contributed by atoms with van der Waals surface area (Å²) in [5.41, 5.74) is 10.0. The first-order chi connectivity index (χ1) is 23.6. The molecular formula is C43H49ClIN3O2. The number of para-hydroxylation sites is 2. The predicted molar refractivity (Wildman–Crippen MR) is 203 cm³/mol. The number of ether oxygens (including phenoxy) is 1. The first-order valence-electron chi connectivity index (χ1n) is 17.6. The number of anilines is 1. The average Bonchev–Trinajstić information content (AvgIpc) is 3.45. The van der Waals surface area contributed by atoms with E-state index in [9.17, 15) is 4.79 Å². The molecule has 0 spiro atoms. The van der Waals surface area contributed by atoms with Crippen molar-refractivity contribution in [3.05, 3.63) is 142 Å². The van der Waals surface area contributed by atoms with E-state index >= 15 is 0 Å². The fraction of sp³-hybridized carbons (Fsp3) is 0.349. The van der Waals surface area contributed by atoms with Crippen molar-refractivity contribution in [2.24, 2.45) is 0 Å². The van der Waals surface area contributed by atoms with Crippen LogP contribution in [0.1, 0.15) is 71.1 Å². The zero-order valence-electron chi connectivity index (χ0n) is 30.2. The van der Waals surface area contributed by atoms with Crippen LogP contribution in [0.3, 0.4) is 0 Å². The van der Waals surface area contributed by atoms with Gasteiger partial charge < -0.3 is 33.6 Å². The molecule has 5 nitrogen and oxygen atoms in total. The lowest BCUT2D eigenvalue weighted by molar-refractivity contribution is -0.437. The minimum atomic E-state index is -0.354. The highest BCUT2D eigenvalue weighted by molar-refractivity contribution is 6.33. The van der Waals surface area contributed by atoms with Crippen molar-refractivity contribution < 1.29 is 38.1 Å². The van der Waals surface area contributed by atoms with Gasteiger partial charge in [-0.2, -0.15) is 4.58 Å². The topological polar surface area (TPSA) is 35.8 Å². The Bertz CT molecular complexity index is 1890. The normalized spacial score (nSPS) is 19.3. The van der Waals surface area contributed by atoms with E-state index in [0.717, 1.165) is 42.6 Å². The fourth-order valence-corrected chi connectivity index (χ4v) is 7.82. The second-order valence-electron chi connectivity index (χ2n) is 14.3. The van der Waals surface area contributed by atoms with Crippen molar-refractivity contribution in [1.29, 1.82) is 0 Å². The summed E-state index contributed by atoms with van der Waals surface area (Å²) in [5.74, 6) is 0. The summed E-state index contributed by atoms with van der Waals surface area (Å²) in [7, 11) is 0. The van der Waals surface area contributed by atoms with Gasteiger partial charge in [0.25, 0.3) is 0 Å². The maximum Gasteiger partial charge on any atom is 0.410 e. The van der Waals surface area contributed by atoms with Crippen molar-refractivity contribution in [2.75, 3.05) is 31.1 Å². The quantitative estimate of drug-likeness (QED) is 0.170. The Morgan fingerprint density at radius 2 is 1.52 bits per heavy atom. The third-order valence-electron chi connectivity index (χ3n) is 10.1. The fourth-order valence-electron chi connectivity index (χ4n) is 7.57. The first kappa shape index (κ1) is 37.6. The molecule has 0 bridgehead atoms. The van der Waals surface area contributed by atoms with Crippen molar-refractivity contribution in [3.63, 3.8) is 0 Å². The number of hydrogen-bond acceptors (Lipinski definition) is 3. The summed E-state index contributed by atoms with van der Waals surface area (Å²) < 4.78 is 8.27. The summed E-state index contributed by atoms with van der Waals surface area (Å²) in [6, 6.07) is 27.2. The molecule has 0 atom stereocenters. The maximum atomic E-state index is 13.6. The molecule has 0 saturated heterocycles. The molecule has 0 aromatic heterocycles. The minimum Gasteiger partial charge on any atom is -1.00 e. The van der Waals surface area contributed by atoms with Gasteiger partial charge in [-0.15, -0.1) is 0 Å². The van der Waals surface area contributed by atoms with Crippen LogP contribution in [0.15, 0.2) is 125 Å². The number of hydrogen-bond donors (Lipinski definition) is 0. The van der Waals surface area contributed by atoms with Gasteiger partial charge >= 0.3 is 6.09 Å². The molecule has 3 heterocycles. The van der Waals surface area contributed by atoms with Crippen LogP contribution in [0.25, 0.3) is 0 Å². The van der Waals surface area contributed by atoms with Crippen LogP contribution >= 0.6 is 11.6 Å². The third-order valence-corrected chi connectivity index (χ3v) is 10.6. The van der Waals surface area contributed by atoms with Crippen LogP contribution in [-0.2, 0) is 22.2 Å². The average molecular weight is 802 g/mol. The van der Waals surface area contributed by atoms with Crippen molar-refractivity contribution in [3.8, 4) is 0 Å². The maximum absolute atomic E-state index is 13.6. The molecule has 1 amide bonds. The monoisotopic (exact) mass is 801 g/mol. The number of amides is 1. The highest BCUT2D eigenvalue weighted by Crippen LogP contribution is 2.48. The number of rotatable bonds is 9. The molecule has 3 aromatic rings. The van der Waals surface area contributed by atoms with Gasteiger partial charge in [0.15, 0.2) is 5.71 Å². The second kappa shape index (κ2) is 15.7. The molecule has 7 heteroatoms. The molecular weight excluding hydrogens is 753 g/mol. The predicted octanol–water partition coefficient (Wildman–Crippen LogP) is 7.20. The van der Waals surface area contributed by atoms with Crippen molar-refractivity contribution >= 4 is 34.8 Å². The van der Waals surface area contributed by atoms with Crippen LogP contribution in [-0.4, -0.2) is 47.5 Å². The molecule has 0 N–H and O–H groups in total. The van der Waals surface area contributed by atoms with Gasteiger partial charge in [-0.1, -0.05) is 112 Å². The van der Waals surface area contributed by atoms with Crippen LogP contribution in [0.5, 0.6) is 0 Å². The largest absolute Gasteiger partial charge is 1.00 e. The van der Waals surface area contributed by atoms with Gasteiger partial charge in [-0.05, 0) is 60.8 Å². The molecule has 0 aliphatic carbocycles. The lowest BCUT2D eigenvalue weighted by atomic mass is 9.81. The second-order valence-corrected chi connectivity index (χ2v) is 14.7. The van der Waals surface area contributed by atoms with Crippen molar-refractivity contribution in [2.45, 2.75) is 71.8 Å². The minimum absolute atomic E-state index is 0. The summed E-state index contributed by atoms with van der Waals surface area (Å²) in [5, 5.41) is 0.687. The Balaban J connectivity index is 0.00000486. The molecule has 3 aliphatic heterocycles. The zero-order chi connectivity index (χ0) is 34.8. The van der Waals surface area contributed by atoms with Crippen LogP contribution in [0.4, 0.5) is 16.2 Å². The van der Waals surface area contributed by atoms with Crippen molar-refractivity contribution in [1.82, 2.24) is 4.90 Å². The van der Waals surface area contributed by atoms with E-state index in [0.29, 0.717) is 18.1 Å². The lowest BCUT2D eigenvalue weighted by Gasteiger charge is -2.30. The van der Waals surface area contributed by atoms with E-state index in [2.05, 4.69) is 124 Å². The number of carbonyl (C=O) groups excluding carboxylic acids is 1. The standard InChI is InChI=1S/C43H49ClN3O2.HI/c1-7-26-46-36-20-14-12-18-34(36)42(3,4)38(46)24-22-32-28-45(41(48)49-30-31-16-10-9-11-17-31)29-33(40(32)44)23-25-39-43(5,6)35-19-13-15-21-37(35)47(39)27-8-2;/h9-25H,7-8,26-30H2,1-6H3;1H/q+1;/p-1. The Morgan fingerprint density at radius 3 is 2.24 bits per heavy atom. The Labute approximate surface area is 320 Å². The highest BCUT2D eigenvalue weighted by Gasteiger charge is 2.44. The molecule has 50 heavy (non-hydrogen) atoms. The zero-order valence-corrected chi connectivity index (χ0v) is 33.1. The lowest BCUT2D eigenvalue weighted by Crippen LogP contribution is -3.00. The first-order valence-corrected chi connectivity index (χ1v) is 18.0. The summed E-state index contributed by atoms with van der Waals surface area (Å²) in [6.45, 7) is 16.4. The number of carbonyl (C=O) groups is 1. The Kier molecular flexibility index (Phi) is 11.8. The van der Waals surface area contributed by atoms with Gasteiger partial charge in [0.05, 0.1) is 23.5 Å². The van der Waals surface area contributed by atoms with Gasteiger partial charge in [-0.25, -0.2) is 4.79 Å². The number of benzene rings is 3. The Morgan fingerprint density at radius 1 is 0.840 bits per heavy atom. The number of allylic oxidation sites excluding steroid dienone is 4. The summed E-state index contributed by atoms with van der Waals surface area (Å²) in [6.07, 6.45) is 10.4. The van der Waals surface area contributed by atoms with E-state index in [1.165, 1.54) is 33.9 Å². The molecule has 262 valence electrons. The van der Waals surface area contributed by atoms with E-state index in [4.69, 9.17) is 16.3 Å². The van der Waals surface area contributed by atoms with Gasteiger partial charge in [0.2, 0.25) is 5.69 Å². The van der Waals surface area contributed by atoms with E-state index in [1.807, 2.05) is 30.3 Å². The van der Waals surface area contributed by atoms with Crippen LogP contribution in [0, 0.1) is 0 Å². The number of nitrogens with zero attached hydrogens (tertiary/aromatic N) is 3. The molecule has 3 aromatic carbocycles. The molecule has 0 radical (unpaired) electrons. The molecule has 0 saturated carbocycles. The molecule has 0 unspecified atom stereocenters. The van der Waals surface area contributed by atoms with E-state index < -0.39 is 0 Å². The van der Waals surface area contributed by atoms with E-state index in [1.54, 1.807) is 4.90 Å². The molecule has 6 rings (SSSR count). The van der Waals surface area contributed by atoms with E-state index in [-0.39, 0.29) is 47.5 Å². The third kappa shape index (κ3) is 7.24.